The molecule has 1 aromatic rings. The van der Waals surface area contributed by atoms with Crippen molar-refractivity contribution < 1.29 is 4.74 Å². The highest BCUT2D eigenvalue weighted by Gasteiger charge is 2.21. The van der Waals surface area contributed by atoms with Crippen molar-refractivity contribution in [1.29, 1.82) is 0 Å². The first kappa shape index (κ1) is 15.7. The van der Waals surface area contributed by atoms with Crippen LogP contribution in [0.5, 0.6) is 5.75 Å². The summed E-state index contributed by atoms with van der Waals surface area (Å²) in [5.74, 6) is 2.39. The Morgan fingerprint density at radius 3 is 2.57 bits per heavy atom. The number of benzene rings is 1. The molecule has 1 aliphatic rings. The molecule has 1 saturated carbocycles. The molecule has 1 fully saturated rings. The average Bonchev–Trinajstić information content (AvgIpc) is 3.28. The van der Waals surface area contributed by atoms with E-state index in [-0.39, 0.29) is 0 Å². The van der Waals surface area contributed by atoms with Gasteiger partial charge in [0.25, 0.3) is 0 Å². The molecule has 0 aromatic heterocycles. The van der Waals surface area contributed by atoms with Crippen LogP contribution in [-0.2, 0) is 6.54 Å². The van der Waals surface area contributed by atoms with E-state index in [1.807, 2.05) is 12.1 Å². The Kier molecular flexibility index (Phi) is 5.90. The summed E-state index contributed by atoms with van der Waals surface area (Å²) < 4.78 is 5.69. The maximum atomic E-state index is 5.69. The van der Waals surface area contributed by atoms with Crippen molar-refractivity contribution in [2.45, 2.75) is 46.2 Å². The van der Waals surface area contributed by atoms with Gasteiger partial charge in [0.15, 0.2) is 5.96 Å². The number of hydrogen-bond acceptors (Lipinski definition) is 2. The zero-order valence-corrected chi connectivity index (χ0v) is 13.4. The molecular formula is C17H27N3O. The van der Waals surface area contributed by atoms with E-state index in [1.54, 1.807) is 0 Å². The van der Waals surface area contributed by atoms with Gasteiger partial charge in [0.2, 0.25) is 0 Å². The molecule has 0 bridgehead atoms. The first-order valence-corrected chi connectivity index (χ1v) is 7.94. The fourth-order valence-corrected chi connectivity index (χ4v) is 1.87. The molecule has 116 valence electrons. The number of rotatable bonds is 7. The molecule has 0 saturated heterocycles. The number of nitrogens with one attached hydrogen (secondary N) is 2. The maximum Gasteiger partial charge on any atom is 0.191 e. The maximum absolute atomic E-state index is 5.69. The van der Waals surface area contributed by atoms with E-state index >= 15 is 0 Å². The van der Waals surface area contributed by atoms with Gasteiger partial charge in [-0.3, -0.25) is 0 Å². The van der Waals surface area contributed by atoms with Crippen LogP contribution in [0.2, 0.25) is 0 Å². The zero-order chi connectivity index (χ0) is 15.1. The minimum atomic E-state index is 0.547. The molecule has 0 aliphatic heterocycles. The van der Waals surface area contributed by atoms with Crippen molar-refractivity contribution in [3.8, 4) is 5.75 Å². The van der Waals surface area contributed by atoms with Crippen LogP contribution in [0, 0.1) is 5.92 Å². The summed E-state index contributed by atoms with van der Waals surface area (Å²) in [5.41, 5.74) is 1.19. The van der Waals surface area contributed by atoms with Crippen LogP contribution in [0.4, 0.5) is 0 Å². The van der Waals surface area contributed by atoms with Gasteiger partial charge in [0.05, 0.1) is 13.2 Å². The summed E-state index contributed by atoms with van der Waals surface area (Å²) in [6.45, 7) is 8.72. The number of ether oxygens (including phenoxy) is 1. The minimum Gasteiger partial charge on any atom is -0.493 e. The lowest BCUT2D eigenvalue weighted by Gasteiger charge is -2.11. The summed E-state index contributed by atoms with van der Waals surface area (Å²) in [4.78, 5) is 4.62. The van der Waals surface area contributed by atoms with E-state index in [0.717, 1.165) is 24.9 Å². The smallest absolute Gasteiger partial charge is 0.191 e. The van der Waals surface area contributed by atoms with Crippen molar-refractivity contribution in [2.75, 3.05) is 13.2 Å². The van der Waals surface area contributed by atoms with Crippen molar-refractivity contribution in [1.82, 2.24) is 10.6 Å². The SMILES string of the molecule is CCNC(=NCc1ccc(OCC(C)C)cc1)NC1CC1. The molecule has 1 aliphatic carbocycles. The molecule has 0 radical (unpaired) electrons. The Labute approximate surface area is 128 Å². The largest absolute Gasteiger partial charge is 0.493 e. The minimum absolute atomic E-state index is 0.547. The van der Waals surface area contributed by atoms with Gasteiger partial charge in [-0.25, -0.2) is 4.99 Å². The summed E-state index contributed by atoms with van der Waals surface area (Å²) in [6.07, 6.45) is 2.51. The Hall–Kier alpha value is -1.71. The van der Waals surface area contributed by atoms with Gasteiger partial charge in [-0.15, -0.1) is 0 Å². The fraction of sp³-hybridized carbons (Fsp3) is 0.588. The Balaban J connectivity index is 1.85. The molecule has 1 aromatic carbocycles. The van der Waals surface area contributed by atoms with E-state index in [9.17, 15) is 0 Å². The van der Waals surface area contributed by atoms with E-state index in [2.05, 4.69) is 48.5 Å². The van der Waals surface area contributed by atoms with Crippen molar-refractivity contribution >= 4 is 5.96 Å². The summed E-state index contributed by atoms with van der Waals surface area (Å²) in [5, 5.41) is 6.70. The van der Waals surface area contributed by atoms with Crippen LogP contribution in [-0.4, -0.2) is 25.2 Å². The Morgan fingerprint density at radius 1 is 1.29 bits per heavy atom. The molecule has 4 nitrogen and oxygen atoms in total. The lowest BCUT2D eigenvalue weighted by atomic mass is 10.2. The number of nitrogens with zero attached hydrogens (tertiary/aromatic N) is 1. The number of aliphatic imine (C=N–C) groups is 1. The number of hydrogen-bond donors (Lipinski definition) is 2. The summed E-state index contributed by atoms with van der Waals surface area (Å²) in [7, 11) is 0. The topological polar surface area (TPSA) is 45.7 Å². The first-order valence-electron chi connectivity index (χ1n) is 7.94. The number of guanidine groups is 1. The fourth-order valence-electron chi connectivity index (χ4n) is 1.87. The monoisotopic (exact) mass is 289 g/mol. The van der Waals surface area contributed by atoms with Crippen molar-refractivity contribution in [3.05, 3.63) is 29.8 Å². The molecular weight excluding hydrogens is 262 g/mol. The standard InChI is InChI=1S/C17H27N3O/c1-4-18-17(20-15-7-8-15)19-11-14-5-9-16(10-6-14)21-12-13(2)3/h5-6,9-10,13,15H,4,7-8,11-12H2,1-3H3,(H2,18,19,20). The summed E-state index contributed by atoms with van der Waals surface area (Å²) in [6, 6.07) is 8.83. The first-order chi connectivity index (χ1) is 10.2. The predicted molar refractivity (Wildman–Crippen MR) is 87.7 cm³/mol. The van der Waals surface area contributed by atoms with Crippen LogP contribution in [0.25, 0.3) is 0 Å². The highest BCUT2D eigenvalue weighted by Crippen LogP contribution is 2.18. The third-order valence-electron chi connectivity index (χ3n) is 3.19. The highest BCUT2D eigenvalue weighted by molar-refractivity contribution is 5.80. The van der Waals surface area contributed by atoms with Crippen LogP contribution >= 0.6 is 0 Å². The van der Waals surface area contributed by atoms with Gasteiger partial charge in [-0.05, 0) is 43.4 Å². The molecule has 21 heavy (non-hydrogen) atoms. The average molecular weight is 289 g/mol. The zero-order valence-electron chi connectivity index (χ0n) is 13.4. The van der Waals surface area contributed by atoms with Crippen LogP contribution in [0.15, 0.2) is 29.3 Å². The molecule has 2 rings (SSSR count). The molecule has 0 spiro atoms. The predicted octanol–water partition coefficient (Wildman–Crippen LogP) is 2.94. The highest BCUT2D eigenvalue weighted by atomic mass is 16.5. The normalized spacial score (nSPS) is 15.1. The molecule has 4 heteroatoms. The summed E-state index contributed by atoms with van der Waals surface area (Å²) >= 11 is 0. The second kappa shape index (κ2) is 7.91. The van der Waals surface area contributed by atoms with Gasteiger partial charge in [-0.1, -0.05) is 26.0 Å². The lowest BCUT2D eigenvalue weighted by Crippen LogP contribution is -2.38. The van der Waals surface area contributed by atoms with Crippen LogP contribution in [0.1, 0.15) is 39.2 Å². The molecule has 2 N–H and O–H groups in total. The lowest BCUT2D eigenvalue weighted by molar-refractivity contribution is 0.271. The second-order valence-corrected chi connectivity index (χ2v) is 5.96. The van der Waals surface area contributed by atoms with Crippen molar-refractivity contribution in [2.24, 2.45) is 10.9 Å². The van der Waals surface area contributed by atoms with Gasteiger partial charge < -0.3 is 15.4 Å². The third-order valence-corrected chi connectivity index (χ3v) is 3.19. The van der Waals surface area contributed by atoms with Crippen LogP contribution in [0.3, 0.4) is 0 Å². The van der Waals surface area contributed by atoms with Crippen molar-refractivity contribution in [3.63, 3.8) is 0 Å². The molecule has 0 unspecified atom stereocenters. The molecule has 0 heterocycles. The Morgan fingerprint density at radius 2 is 2.00 bits per heavy atom. The van der Waals surface area contributed by atoms with Gasteiger partial charge in [0, 0.05) is 12.6 Å². The van der Waals surface area contributed by atoms with E-state index < -0.39 is 0 Å². The van der Waals surface area contributed by atoms with Crippen LogP contribution < -0.4 is 15.4 Å². The van der Waals surface area contributed by atoms with Gasteiger partial charge in [0.1, 0.15) is 5.75 Å². The van der Waals surface area contributed by atoms with Gasteiger partial charge >= 0.3 is 0 Å². The quantitative estimate of drug-likeness (QED) is 0.599. The van der Waals surface area contributed by atoms with E-state index in [1.165, 1.54) is 18.4 Å². The van der Waals surface area contributed by atoms with E-state index in [4.69, 9.17) is 4.74 Å². The molecule has 0 atom stereocenters. The van der Waals surface area contributed by atoms with E-state index in [0.29, 0.717) is 18.5 Å². The second-order valence-electron chi connectivity index (χ2n) is 5.96. The van der Waals surface area contributed by atoms with Gasteiger partial charge in [-0.2, -0.15) is 0 Å². The third kappa shape index (κ3) is 6.06. The molecule has 0 amide bonds. The Bertz CT molecular complexity index is 450.